The van der Waals surface area contributed by atoms with Crippen LogP contribution in [0.15, 0.2) is 48.5 Å². The molecule has 29 heavy (non-hydrogen) atoms. The Labute approximate surface area is 164 Å². The van der Waals surface area contributed by atoms with Crippen molar-refractivity contribution < 1.29 is 32.6 Å². The SMILES string of the molecule is COc1cccc(C2(C)NC(=O)N(CC(O)c3ccc(C(F)(F)F)cc3)C2=O)c1. The Bertz CT molecular complexity index is 930. The smallest absolute Gasteiger partial charge is 0.416 e. The van der Waals surface area contributed by atoms with Crippen molar-refractivity contribution in [2.24, 2.45) is 0 Å². The minimum atomic E-state index is -4.49. The van der Waals surface area contributed by atoms with Crippen LogP contribution in [0.3, 0.4) is 0 Å². The van der Waals surface area contributed by atoms with E-state index < -0.39 is 41.9 Å². The van der Waals surface area contributed by atoms with E-state index in [1.165, 1.54) is 14.0 Å². The first-order chi connectivity index (χ1) is 13.6. The van der Waals surface area contributed by atoms with E-state index in [4.69, 9.17) is 4.74 Å². The van der Waals surface area contributed by atoms with Crippen LogP contribution >= 0.6 is 0 Å². The summed E-state index contributed by atoms with van der Waals surface area (Å²) in [7, 11) is 1.48. The summed E-state index contributed by atoms with van der Waals surface area (Å²) in [6.45, 7) is 1.14. The maximum Gasteiger partial charge on any atom is 0.416 e. The van der Waals surface area contributed by atoms with Gasteiger partial charge in [0.1, 0.15) is 11.3 Å². The molecule has 154 valence electrons. The predicted molar refractivity (Wildman–Crippen MR) is 97.0 cm³/mol. The standard InChI is InChI=1S/C20H19F3N2O4/c1-19(14-4-3-5-15(10-14)29-2)17(27)25(18(28)24-19)11-16(26)12-6-8-13(9-7-12)20(21,22)23/h3-10,16,26H,11H2,1-2H3,(H,24,28). The molecule has 9 heteroatoms. The second-order valence-electron chi connectivity index (χ2n) is 6.84. The van der Waals surface area contributed by atoms with E-state index in [0.717, 1.165) is 29.2 Å². The van der Waals surface area contributed by atoms with Gasteiger partial charge >= 0.3 is 12.2 Å². The molecule has 3 rings (SSSR count). The van der Waals surface area contributed by atoms with Crippen LogP contribution in [0.5, 0.6) is 5.75 Å². The third-order valence-electron chi connectivity index (χ3n) is 4.90. The van der Waals surface area contributed by atoms with Crippen LogP contribution in [0.2, 0.25) is 0 Å². The quantitative estimate of drug-likeness (QED) is 0.745. The largest absolute Gasteiger partial charge is 0.497 e. The molecule has 2 aromatic carbocycles. The van der Waals surface area contributed by atoms with E-state index in [0.29, 0.717) is 11.3 Å². The minimum Gasteiger partial charge on any atom is -0.497 e. The summed E-state index contributed by atoms with van der Waals surface area (Å²) in [5.41, 5.74) is -1.55. The molecule has 2 atom stereocenters. The number of halogens is 3. The fourth-order valence-electron chi connectivity index (χ4n) is 3.17. The van der Waals surface area contributed by atoms with Crippen LogP contribution in [0, 0.1) is 0 Å². The van der Waals surface area contributed by atoms with Gasteiger partial charge in [0.2, 0.25) is 0 Å². The third-order valence-corrected chi connectivity index (χ3v) is 4.90. The van der Waals surface area contributed by atoms with E-state index >= 15 is 0 Å². The van der Waals surface area contributed by atoms with Gasteiger partial charge in [0, 0.05) is 0 Å². The molecule has 2 unspecified atom stereocenters. The molecule has 1 aliphatic rings. The normalized spacial score (nSPS) is 20.6. The number of alkyl halides is 3. The fourth-order valence-corrected chi connectivity index (χ4v) is 3.17. The van der Waals surface area contributed by atoms with Gasteiger partial charge < -0.3 is 15.2 Å². The van der Waals surface area contributed by atoms with Crippen molar-refractivity contribution in [2.75, 3.05) is 13.7 Å². The van der Waals surface area contributed by atoms with Crippen LogP contribution < -0.4 is 10.1 Å². The summed E-state index contributed by atoms with van der Waals surface area (Å²) in [5, 5.41) is 13.0. The molecule has 2 aromatic rings. The molecule has 6 nitrogen and oxygen atoms in total. The first kappa shape index (κ1) is 20.7. The lowest BCUT2D eigenvalue weighted by Gasteiger charge is -2.23. The Kier molecular flexibility index (Phi) is 5.27. The maximum atomic E-state index is 12.9. The van der Waals surface area contributed by atoms with E-state index in [2.05, 4.69) is 5.32 Å². The number of nitrogens with zero attached hydrogens (tertiary/aromatic N) is 1. The van der Waals surface area contributed by atoms with Crippen LogP contribution in [0.1, 0.15) is 29.7 Å². The fraction of sp³-hybridized carbons (Fsp3) is 0.300. The number of β-amino-alcohol motifs (C(OH)–C–C–N with tert-alkyl or cyclic N) is 1. The Balaban J connectivity index is 1.79. The topological polar surface area (TPSA) is 78.9 Å². The molecular weight excluding hydrogens is 389 g/mol. The van der Waals surface area contributed by atoms with Gasteiger partial charge in [-0.2, -0.15) is 13.2 Å². The molecule has 0 bridgehead atoms. The monoisotopic (exact) mass is 408 g/mol. The molecule has 0 aromatic heterocycles. The van der Waals surface area contributed by atoms with E-state index in [1.54, 1.807) is 24.3 Å². The first-order valence-corrected chi connectivity index (χ1v) is 8.70. The van der Waals surface area contributed by atoms with E-state index in [-0.39, 0.29) is 5.56 Å². The molecular formula is C20H19F3N2O4. The zero-order chi connectivity index (χ0) is 21.4. The van der Waals surface area contributed by atoms with E-state index in [1.807, 2.05) is 0 Å². The van der Waals surface area contributed by atoms with Crippen LogP contribution in [0.4, 0.5) is 18.0 Å². The Morgan fingerprint density at radius 1 is 1.17 bits per heavy atom. The highest BCUT2D eigenvalue weighted by atomic mass is 19.4. The first-order valence-electron chi connectivity index (χ1n) is 8.70. The van der Waals surface area contributed by atoms with Crippen molar-refractivity contribution in [1.82, 2.24) is 10.2 Å². The molecule has 0 aliphatic carbocycles. The number of aliphatic hydroxyl groups excluding tert-OH is 1. The highest BCUT2D eigenvalue weighted by Crippen LogP contribution is 2.33. The third kappa shape index (κ3) is 3.91. The van der Waals surface area contributed by atoms with Crippen molar-refractivity contribution in [3.05, 3.63) is 65.2 Å². The predicted octanol–water partition coefficient (Wildman–Crippen LogP) is 3.21. The molecule has 1 aliphatic heterocycles. The number of imide groups is 1. The molecule has 0 spiro atoms. The zero-order valence-corrected chi connectivity index (χ0v) is 15.7. The van der Waals surface area contributed by atoms with Crippen LogP contribution in [-0.2, 0) is 16.5 Å². The highest BCUT2D eigenvalue weighted by molar-refractivity contribution is 6.07. The van der Waals surface area contributed by atoms with Crippen LogP contribution in [0.25, 0.3) is 0 Å². The van der Waals surface area contributed by atoms with Crippen molar-refractivity contribution in [3.63, 3.8) is 0 Å². The Morgan fingerprint density at radius 2 is 1.83 bits per heavy atom. The summed E-state index contributed by atoms with van der Waals surface area (Å²) in [4.78, 5) is 26.2. The Morgan fingerprint density at radius 3 is 2.41 bits per heavy atom. The molecule has 0 saturated carbocycles. The molecule has 1 heterocycles. The maximum absolute atomic E-state index is 12.9. The summed E-state index contributed by atoms with van der Waals surface area (Å²) in [6, 6.07) is 9.87. The number of carbonyl (C=O) groups excluding carboxylic acids is 2. The van der Waals surface area contributed by atoms with E-state index in [9.17, 15) is 27.9 Å². The number of hydrogen-bond acceptors (Lipinski definition) is 4. The molecule has 1 fully saturated rings. The number of hydrogen-bond donors (Lipinski definition) is 2. The average Bonchev–Trinajstić information content (AvgIpc) is 2.91. The highest BCUT2D eigenvalue weighted by Gasteiger charge is 2.49. The summed E-state index contributed by atoms with van der Waals surface area (Å²) >= 11 is 0. The number of ether oxygens (including phenoxy) is 1. The molecule has 3 amide bonds. The van der Waals surface area contributed by atoms with Crippen LogP contribution in [-0.4, -0.2) is 35.6 Å². The van der Waals surface area contributed by atoms with Gasteiger partial charge in [-0.25, -0.2) is 4.79 Å². The lowest BCUT2D eigenvalue weighted by atomic mass is 9.92. The van der Waals surface area contributed by atoms with Crippen molar-refractivity contribution in [1.29, 1.82) is 0 Å². The van der Waals surface area contributed by atoms with Crippen molar-refractivity contribution in [2.45, 2.75) is 24.7 Å². The Hall–Kier alpha value is -3.07. The number of aliphatic hydroxyl groups is 1. The van der Waals surface area contributed by atoms with Gasteiger partial charge in [0.15, 0.2) is 0 Å². The lowest BCUT2D eigenvalue weighted by molar-refractivity contribution is -0.137. The van der Waals surface area contributed by atoms with Gasteiger partial charge in [-0.1, -0.05) is 24.3 Å². The summed E-state index contributed by atoms with van der Waals surface area (Å²) in [5.74, 6) is -0.0734. The van der Waals surface area contributed by atoms with Gasteiger partial charge in [-0.3, -0.25) is 9.69 Å². The number of rotatable bonds is 5. The second kappa shape index (κ2) is 7.40. The molecule has 0 radical (unpaired) electrons. The molecule has 1 saturated heterocycles. The summed E-state index contributed by atoms with van der Waals surface area (Å²) < 4.78 is 43.2. The lowest BCUT2D eigenvalue weighted by Crippen LogP contribution is -2.41. The van der Waals surface area contributed by atoms with Gasteiger partial charge in [0.05, 0.1) is 25.3 Å². The molecule has 2 N–H and O–H groups in total. The van der Waals surface area contributed by atoms with Crippen molar-refractivity contribution in [3.8, 4) is 5.75 Å². The number of nitrogens with one attached hydrogen (secondary N) is 1. The summed E-state index contributed by atoms with van der Waals surface area (Å²) in [6.07, 6.45) is -5.83. The number of methoxy groups -OCH3 is 1. The van der Waals surface area contributed by atoms with Gasteiger partial charge in [-0.15, -0.1) is 0 Å². The number of amides is 3. The number of carbonyl (C=O) groups is 2. The zero-order valence-electron chi connectivity index (χ0n) is 15.7. The van der Waals surface area contributed by atoms with Gasteiger partial charge in [-0.05, 0) is 42.3 Å². The minimum absolute atomic E-state index is 0.161. The average molecular weight is 408 g/mol. The van der Waals surface area contributed by atoms with Gasteiger partial charge in [0.25, 0.3) is 5.91 Å². The number of benzene rings is 2. The number of urea groups is 1. The second-order valence-corrected chi connectivity index (χ2v) is 6.84. The van der Waals surface area contributed by atoms with Crippen molar-refractivity contribution >= 4 is 11.9 Å².